The van der Waals surface area contributed by atoms with Crippen molar-refractivity contribution < 1.29 is 9.90 Å². The van der Waals surface area contributed by atoms with Crippen LogP contribution in [0.3, 0.4) is 0 Å². The quantitative estimate of drug-likeness (QED) is 0.748. The molecular weight excluding hydrogens is 266 g/mol. The van der Waals surface area contributed by atoms with Gasteiger partial charge in [-0.3, -0.25) is 14.4 Å². The Balaban J connectivity index is 2.09. The maximum atomic E-state index is 12.8. The fraction of sp³-hybridized carbons (Fsp3) is 0.125. The molecule has 2 aromatic carbocycles. The topological polar surface area (TPSA) is 58.4 Å². The molecule has 21 heavy (non-hydrogen) atoms. The highest BCUT2D eigenvalue weighted by atomic mass is 16.3. The van der Waals surface area contributed by atoms with Gasteiger partial charge in [-0.2, -0.15) is 5.10 Å². The average Bonchev–Trinajstić information content (AvgIpc) is 2.91. The van der Waals surface area contributed by atoms with Crippen LogP contribution in [0.25, 0.3) is 10.9 Å². The van der Waals surface area contributed by atoms with E-state index in [0.717, 1.165) is 10.9 Å². The van der Waals surface area contributed by atoms with Gasteiger partial charge in [-0.1, -0.05) is 30.3 Å². The molecule has 5 heteroatoms. The summed E-state index contributed by atoms with van der Waals surface area (Å²) in [6.45, 7) is -0.378. The van der Waals surface area contributed by atoms with Gasteiger partial charge in [0, 0.05) is 18.1 Å². The minimum atomic E-state index is -0.378. The molecule has 0 aliphatic rings. The lowest BCUT2D eigenvalue weighted by molar-refractivity contribution is 0.0961. The zero-order valence-electron chi connectivity index (χ0n) is 11.6. The summed E-state index contributed by atoms with van der Waals surface area (Å²) in [5.41, 5.74) is 1.94. The second-order valence-corrected chi connectivity index (χ2v) is 4.72. The summed E-state index contributed by atoms with van der Waals surface area (Å²) in [5, 5.41) is 14.7. The Labute approximate surface area is 122 Å². The first kappa shape index (κ1) is 13.3. The van der Waals surface area contributed by atoms with Crippen molar-refractivity contribution in [3.8, 4) is 0 Å². The van der Waals surface area contributed by atoms with E-state index in [0.29, 0.717) is 11.3 Å². The third kappa shape index (κ3) is 2.28. The van der Waals surface area contributed by atoms with Crippen molar-refractivity contribution in [3.05, 3.63) is 60.3 Å². The fourth-order valence-electron chi connectivity index (χ4n) is 2.42. The molecule has 0 fully saturated rings. The first-order valence-corrected chi connectivity index (χ1v) is 6.61. The van der Waals surface area contributed by atoms with Gasteiger partial charge in [-0.05, 0) is 18.2 Å². The Morgan fingerprint density at radius 1 is 1.19 bits per heavy atom. The number of amides is 1. The van der Waals surface area contributed by atoms with Crippen LogP contribution in [0, 0.1) is 0 Å². The van der Waals surface area contributed by atoms with E-state index in [1.165, 1.54) is 4.90 Å². The van der Waals surface area contributed by atoms with Crippen molar-refractivity contribution in [2.45, 2.75) is 0 Å². The molecule has 3 aromatic rings. The van der Waals surface area contributed by atoms with Crippen LogP contribution in [-0.2, 0) is 7.05 Å². The van der Waals surface area contributed by atoms with Gasteiger partial charge in [-0.15, -0.1) is 0 Å². The maximum Gasteiger partial charge on any atom is 0.262 e. The van der Waals surface area contributed by atoms with Crippen LogP contribution in [0.15, 0.2) is 54.7 Å². The maximum absolute atomic E-state index is 12.8. The Morgan fingerprint density at radius 3 is 2.67 bits per heavy atom. The molecular formula is C16H15N3O2. The van der Waals surface area contributed by atoms with Crippen LogP contribution in [0.5, 0.6) is 0 Å². The summed E-state index contributed by atoms with van der Waals surface area (Å²) in [6, 6.07) is 14.6. The van der Waals surface area contributed by atoms with Gasteiger partial charge in [0.05, 0.1) is 17.3 Å². The van der Waals surface area contributed by atoms with Crippen molar-refractivity contribution in [1.29, 1.82) is 0 Å². The molecule has 0 aliphatic heterocycles. The van der Waals surface area contributed by atoms with Crippen LogP contribution < -0.4 is 4.90 Å². The number of rotatable bonds is 3. The largest absolute Gasteiger partial charge is 0.376 e. The summed E-state index contributed by atoms with van der Waals surface area (Å²) in [7, 11) is 1.80. The minimum absolute atomic E-state index is 0.252. The lowest BCUT2D eigenvalue weighted by atomic mass is 10.1. The number of aryl methyl sites for hydroxylation is 1. The molecule has 1 N–H and O–H groups in total. The molecule has 0 atom stereocenters. The number of nitrogens with zero attached hydrogens (tertiary/aromatic N) is 3. The number of para-hydroxylation sites is 2. The fourth-order valence-corrected chi connectivity index (χ4v) is 2.42. The lowest BCUT2D eigenvalue weighted by Crippen LogP contribution is -2.32. The molecule has 1 amide bonds. The highest BCUT2D eigenvalue weighted by Gasteiger charge is 2.20. The van der Waals surface area contributed by atoms with Crippen molar-refractivity contribution in [1.82, 2.24) is 9.78 Å². The number of carbonyl (C=O) groups is 1. The predicted octanol–water partition coefficient (Wildman–Crippen LogP) is 2.17. The highest BCUT2D eigenvalue weighted by molar-refractivity contribution is 6.13. The molecule has 0 radical (unpaired) electrons. The zero-order valence-corrected chi connectivity index (χ0v) is 11.6. The van der Waals surface area contributed by atoms with E-state index in [1.54, 1.807) is 36.1 Å². The third-order valence-corrected chi connectivity index (χ3v) is 3.45. The van der Waals surface area contributed by atoms with Crippen LogP contribution in [-0.4, -0.2) is 27.5 Å². The third-order valence-electron chi connectivity index (χ3n) is 3.45. The molecule has 1 aromatic heterocycles. The normalized spacial score (nSPS) is 10.8. The van der Waals surface area contributed by atoms with E-state index in [9.17, 15) is 9.90 Å². The molecule has 0 saturated heterocycles. The first-order chi connectivity index (χ1) is 10.2. The van der Waals surface area contributed by atoms with Crippen LogP contribution in [0.4, 0.5) is 5.69 Å². The summed E-state index contributed by atoms with van der Waals surface area (Å²) < 4.78 is 1.67. The zero-order chi connectivity index (χ0) is 14.8. The van der Waals surface area contributed by atoms with Crippen molar-refractivity contribution in [3.63, 3.8) is 0 Å². The van der Waals surface area contributed by atoms with Crippen LogP contribution in [0.2, 0.25) is 0 Å². The van der Waals surface area contributed by atoms with Gasteiger partial charge in [0.1, 0.15) is 6.73 Å². The Morgan fingerprint density at radius 2 is 1.95 bits per heavy atom. The molecule has 0 aliphatic carbocycles. The van der Waals surface area contributed by atoms with Gasteiger partial charge < -0.3 is 5.11 Å². The number of aromatic nitrogens is 2. The number of anilines is 1. The van der Waals surface area contributed by atoms with E-state index in [-0.39, 0.29) is 12.6 Å². The van der Waals surface area contributed by atoms with Crippen LogP contribution >= 0.6 is 0 Å². The standard InChI is InChI=1S/C16H15N3O2/c1-18-15-12(10-17-18)6-5-9-14(15)16(21)19(11-20)13-7-3-2-4-8-13/h2-10,20H,11H2,1H3. The predicted molar refractivity (Wildman–Crippen MR) is 81.1 cm³/mol. The summed E-state index contributed by atoms with van der Waals surface area (Å²) in [6.07, 6.45) is 1.72. The van der Waals surface area contributed by atoms with E-state index in [2.05, 4.69) is 5.10 Å². The first-order valence-electron chi connectivity index (χ1n) is 6.61. The molecule has 0 bridgehead atoms. The minimum Gasteiger partial charge on any atom is -0.376 e. The molecule has 0 spiro atoms. The lowest BCUT2D eigenvalue weighted by Gasteiger charge is -2.20. The Bertz CT molecular complexity index is 781. The molecule has 3 rings (SSSR count). The van der Waals surface area contributed by atoms with Gasteiger partial charge >= 0.3 is 0 Å². The van der Waals surface area contributed by atoms with Crippen molar-refractivity contribution in [2.24, 2.45) is 7.05 Å². The molecule has 1 heterocycles. The SMILES string of the molecule is Cn1ncc2cccc(C(=O)N(CO)c3ccccc3)c21. The van der Waals surface area contributed by atoms with E-state index in [1.807, 2.05) is 30.3 Å². The van der Waals surface area contributed by atoms with E-state index < -0.39 is 0 Å². The van der Waals surface area contributed by atoms with Gasteiger partial charge in [0.15, 0.2) is 0 Å². The number of fused-ring (bicyclic) bond motifs is 1. The van der Waals surface area contributed by atoms with Crippen molar-refractivity contribution >= 4 is 22.5 Å². The van der Waals surface area contributed by atoms with Crippen molar-refractivity contribution in [2.75, 3.05) is 11.6 Å². The van der Waals surface area contributed by atoms with Gasteiger partial charge in [0.2, 0.25) is 0 Å². The number of benzene rings is 2. The highest BCUT2D eigenvalue weighted by Crippen LogP contribution is 2.22. The number of carbonyl (C=O) groups excluding carboxylic acids is 1. The Hall–Kier alpha value is -2.66. The second-order valence-electron chi connectivity index (χ2n) is 4.72. The second kappa shape index (κ2) is 5.38. The van der Waals surface area contributed by atoms with Gasteiger partial charge in [-0.25, -0.2) is 0 Å². The smallest absolute Gasteiger partial charge is 0.262 e. The average molecular weight is 281 g/mol. The summed E-state index contributed by atoms with van der Waals surface area (Å²) >= 11 is 0. The van der Waals surface area contributed by atoms with Crippen LogP contribution in [0.1, 0.15) is 10.4 Å². The number of hydrogen-bond acceptors (Lipinski definition) is 3. The monoisotopic (exact) mass is 281 g/mol. The molecule has 0 saturated carbocycles. The molecule has 5 nitrogen and oxygen atoms in total. The van der Waals surface area contributed by atoms with E-state index >= 15 is 0 Å². The summed E-state index contributed by atoms with van der Waals surface area (Å²) in [4.78, 5) is 14.1. The molecule has 106 valence electrons. The number of hydrogen-bond donors (Lipinski definition) is 1. The summed E-state index contributed by atoms with van der Waals surface area (Å²) in [5.74, 6) is -0.252. The molecule has 0 unspecified atom stereocenters. The number of aliphatic hydroxyl groups is 1. The van der Waals surface area contributed by atoms with Gasteiger partial charge in [0.25, 0.3) is 5.91 Å². The van der Waals surface area contributed by atoms with E-state index in [4.69, 9.17) is 0 Å². The number of aliphatic hydroxyl groups excluding tert-OH is 1. The Kier molecular flexibility index (Phi) is 3.41.